The van der Waals surface area contributed by atoms with Crippen molar-refractivity contribution in [3.63, 3.8) is 0 Å². The molecule has 0 saturated carbocycles. The lowest BCUT2D eigenvalue weighted by Gasteiger charge is -2.08. The second-order valence-corrected chi connectivity index (χ2v) is 6.07. The molecule has 0 aliphatic heterocycles. The summed E-state index contributed by atoms with van der Waals surface area (Å²) in [6.45, 7) is 9.02. The van der Waals surface area contributed by atoms with E-state index in [2.05, 4.69) is 56.9 Å². The van der Waals surface area contributed by atoms with Crippen LogP contribution in [0.1, 0.15) is 38.8 Å². The number of hydrogen-bond donors (Lipinski definition) is 0. The third kappa shape index (κ3) is 3.32. The van der Waals surface area contributed by atoms with Crippen molar-refractivity contribution in [2.75, 3.05) is 0 Å². The van der Waals surface area contributed by atoms with Crippen molar-refractivity contribution in [2.45, 2.75) is 40.5 Å². The van der Waals surface area contributed by atoms with Gasteiger partial charge in [0.05, 0.1) is 5.52 Å². The zero-order valence-electron chi connectivity index (χ0n) is 11.9. The summed E-state index contributed by atoms with van der Waals surface area (Å²) >= 11 is 0. The maximum atomic E-state index is 4.55. The molecule has 0 radical (unpaired) electrons. The minimum Gasteiger partial charge on any atom is -0.256 e. The third-order valence-corrected chi connectivity index (χ3v) is 3.09. The molecular weight excluding hydrogens is 218 g/mol. The first-order valence-corrected chi connectivity index (χ1v) is 6.92. The van der Waals surface area contributed by atoms with Crippen LogP contribution in [0.2, 0.25) is 0 Å². The molecule has 1 heteroatoms. The summed E-state index contributed by atoms with van der Waals surface area (Å²) in [5, 5.41) is 1.28. The zero-order chi connectivity index (χ0) is 13.1. The van der Waals surface area contributed by atoms with Crippen LogP contribution in [0.25, 0.3) is 10.9 Å². The highest BCUT2D eigenvalue weighted by Crippen LogP contribution is 2.19. The maximum Gasteiger partial charge on any atom is 0.0702 e. The summed E-state index contributed by atoms with van der Waals surface area (Å²) in [5.41, 5.74) is 3.87. The van der Waals surface area contributed by atoms with Crippen molar-refractivity contribution in [3.05, 3.63) is 41.6 Å². The zero-order valence-corrected chi connectivity index (χ0v) is 11.9. The summed E-state index contributed by atoms with van der Waals surface area (Å²) in [5.74, 6) is 1.39. The lowest BCUT2D eigenvalue weighted by atomic mass is 9.99. The molecule has 0 spiro atoms. The number of rotatable bonds is 4. The molecule has 0 aliphatic carbocycles. The average Bonchev–Trinajstić information content (AvgIpc) is 2.26. The van der Waals surface area contributed by atoms with Crippen molar-refractivity contribution in [3.8, 4) is 0 Å². The van der Waals surface area contributed by atoms with Crippen molar-refractivity contribution in [1.29, 1.82) is 0 Å². The molecular formula is C17H23N. The Morgan fingerprint density at radius 1 is 0.889 bits per heavy atom. The van der Waals surface area contributed by atoms with E-state index in [1.165, 1.54) is 16.5 Å². The van der Waals surface area contributed by atoms with Crippen LogP contribution in [-0.2, 0) is 12.8 Å². The molecule has 0 fully saturated rings. The standard InChI is InChI=1S/C17H23N/c1-12(2)7-14-5-6-17-16(9-14)10-15(11-18-17)8-13(3)4/h5-6,9-13H,7-8H2,1-4H3. The summed E-state index contributed by atoms with van der Waals surface area (Å²) in [7, 11) is 0. The van der Waals surface area contributed by atoms with Crippen LogP contribution in [0.5, 0.6) is 0 Å². The van der Waals surface area contributed by atoms with Crippen LogP contribution in [0.15, 0.2) is 30.5 Å². The Hall–Kier alpha value is -1.37. The normalized spacial score (nSPS) is 11.7. The Kier molecular flexibility index (Phi) is 4.00. The van der Waals surface area contributed by atoms with Crippen molar-refractivity contribution in [1.82, 2.24) is 4.98 Å². The van der Waals surface area contributed by atoms with Gasteiger partial charge in [-0.05, 0) is 54.0 Å². The lowest BCUT2D eigenvalue weighted by molar-refractivity contribution is 0.646. The van der Waals surface area contributed by atoms with Gasteiger partial charge >= 0.3 is 0 Å². The van der Waals surface area contributed by atoms with Gasteiger partial charge < -0.3 is 0 Å². The molecule has 18 heavy (non-hydrogen) atoms. The maximum absolute atomic E-state index is 4.55. The predicted octanol–water partition coefficient (Wildman–Crippen LogP) is 4.63. The van der Waals surface area contributed by atoms with Crippen molar-refractivity contribution < 1.29 is 0 Å². The van der Waals surface area contributed by atoms with Gasteiger partial charge in [0.2, 0.25) is 0 Å². The Labute approximate surface area is 110 Å². The van der Waals surface area contributed by atoms with Gasteiger partial charge in [0.15, 0.2) is 0 Å². The fourth-order valence-corrected chi connectivity index (χ4v) is 2.41. The van der Waals surface area contributed by atoms with Gasteiger partial charge in [0.1, 0.15) is 0 Å². The minimum absolute atomic E-state index is 0.683. The average molecular weight is 241 g/mol. The number of nitrogens with zero attached hydrogens (tertiary/aromatic N) is 1. The van der Waals surface area contributed by atoms with Crippen molar-refractivity contribution >= 4 is 10.9 Å². The molecule has 0 bridgehead atoms. The van der Waals surface area contributed by atoms with E-state index in [0.29, 0.717) is 11.8 Å². The second kappa shape index (κ2) is 5.51. The molecule has 1 heterocycles. The number of fused-ring (bicyclic) bond motifs is 1. The highest BCUT2D eigenvalue weighted by Gasteiger charge is 2.03. The first-order valence-electron chi connectivity index (χ1n) is 6.92. The van der Waals surface area contributed by atoms with Crippen LogP contribution in [0.3, 0.4) is 0 Å². The van der Waals surface area contributed by atoms with Crippen LogP contribution >= 0.6 is 0 Å². The lowest BCUT2D eigenvalue weighted by Crippen LogP contribution is -1.96. The fourth-order valence-electron chi connectivity index (χ4n) is 2.41. The molecule has 1 aromatic heterocycles. The molecule has 0 atom stereocenters. The van der Waals surface area contributed by atoms with Gasteiger partial charge in [-0.1, -0.05) is 33.8 Å². The molecule has 2 aromatic rings. The highest BCUT2D eigenvalue weighted by molar-refractivity contribution is 5.79. The van der Waals surface area contributed by atoms with Crippen LogP contribution in [-0.4, -0.2) is 4.98 Å². The third-order valence-electron chi connectivity index (χ3n) is 3.09. The van der Waals surface area contributed by atoms with Crippen LogP contribution < -0.4 is 0 Å². The van der Waals surface area contributed by atoms with Crippen molar-refractivity contribution in [2.24, 2.45) is 11.8 Å². The van der Waals surface area contributed by atoms with Gasteiger partial charge in [0, 0.05) is 11.6 Å². The van der Waals surface area contributed by atoms with Gasteiger partial charge in [0.25, 0.3) is 0 Å². The Bertz CT molecular complexity index is 481. The Morgan fingerprint density at radius 3 is 2.17 bits per heavy atom. The molecule has 1 nitrogen and oxygen atoms in total. The fraction of sp³-hybridized carbons (Fsp3) is 0.471. The summed E-state index contributed by atoms with van der Waals surface area (Å²) in [6.07, 6.45) is 4.27. The Balaban J connectivity index is 2.33. The molecule has 0 unspecified atom stereocenters. The van der Waals surface area contributed by atoms with E-state index in [4.69, 9.17) is 0 Å². The minimum atomic E-state index is 0.683. The SMILES string of the molecule is CC(C)Cc1ccc2ncc(CC(C)C)cc2c1. The Morgan fingerprint density at radius 2 is 1.50 bits per heavy atom. The summed E-state index contributed by atoms with van der Waals surface area (Å²) < 4.78 is 0. The molecule has 0 saturated heterocycles. The van der Waals surface area contributed by atoms with Crippen LogP contribution in [0, 0.1) is 11.8 Å². The molecule has 96 valence electrons. The smallest absolute Gasteiger partial charge is 0.0702 e. The second-order valence-electron chi connectivity index (χ2n) is 6.07. The van der Waals surface area contributed by atoms with E-state index in [-0.39, 0.29) is 0 Å². The van der Waals surface area contributed by atoms with Gasteiger partial charge in [-0.3, -0.25) is 4.98 Å². The topological polar surface area (TPSA) is 12.9 Å². The predicted molar refractivity (Wildman–Crippen MR) is 78.8 cm³/mol. The molecule has 0 amide bonds. The van der Waals surface area contributed by atoms with E-state index in [9.17, 15) is 0 Å². The molecule has 0 N–H and O–H groups in total. The summed E-state index contributed by atoms with van der Waals surface area (Å²) in [6, 6.07) is 8.95. The van der Waals surface area contributed by atoms with E-state index in [1.807, 2.05) is 6.20 Å². The van der Waals surface area contributed by atoms with E-state index in [0.717, 1.165) is 18.4 Å². The molecule has 1 aromatic carbocycles. The number of pyridine rings is 1. The number of aromatic nitrogens is 1. The molecule has 0 aliphatic rings. The van der Waals surface area contributed by atoms with E-state index in [1.54, 1.807) is 0 Å². The highest BCUT2D eigenvalue weighted by atomic mass is 14.6. The number of benzene rings is 1. The van der Waals surface area contributed by atoms with E-state index >= 15 is 0 Å². The van der Waals surface area contributed by atoms with E-state index < -0.39 is 0 Å². The van der Waals surface area contributed by atoms with Gasteiger partial charge in [-0.2, -0.15) is 0 Å². The quantitative estimate of drug-likeness (QED) is 0.760. The largest absolute Gasteiger partial charge is 0.256 e. The first-order chi connectivity index (χ1) is 8.54. The summed E-state index contributed by atoms with van der Waals surface area (Å²) in [4.78, 5) is 4.55. The first kappa shape index (κ1) is 13.1. The molecule has 2 rings (SSSR count). The van der Waals surface area contributed by atoms with Gasteiger partial charge in [-0.15, -0.1) is 0 Å². The monoisotopic (exact) mass is 241 g/mol. The van der Waals surface area contributed by atoms with Crippen LogP contribution in [0.4, 0.5) is 0 Å². The van der Waals surface area contributed by atoms with Gasteiger partial charge in [-0.25, -0.2) is 0 Å². The number of hydrogen-bond acceptors (Lipinski definition) is 1.